The molecule has 104 heavy (non-hydrogen) atoms. The Bertz CT molecular complexity index is 4320. The molecule has 2 N–H and O–H groups in total. The Labute approximate surface area is 625 Å². The summed E-state index contributed by atoms with van der Waals surface area (Å²) >= 11 is 0. The van der Waals surface area contributed by atoms with Crippen molar-refractivity contribution in [1.82, 2.24) is 14.0 Å². The molecule has 1 aliphatic heterocycles. The summed E-state index contributed by atoms with van der Waals surface area (Å²) in [5, 5.41) is 8.62. The number of aromatic amines is 1. The molecule has 0 saturated carbocycles. The topological polar surface area (TPSA) is 133 Å². The molecule has 0 fully saturated rings. The van der Waals surface area contributed by atoms with Crippen LogP contribution in [0, 0.1) is 0 Å². The highest BCUT2D eigenvalue weighted by molar-refractivity contribution is 7.86. The van der Waals surface area contributed by atoms with Gasteiger partial charge >= 0.3 is 7.05 Å². The van der Waals surface area contributed by atoms with Gasteiger partial charge in [0.2, 0.25) is 0 Å². The average Bonchev–Trinajstić information content (AvgIpc) is 1.57. The van der Waals surface area contributed by atoms with Crippen LogP contribution in [-0.2, 0) is 40.5 Å². The summed E-state index contributed by atoms with van der Waals surface area (Å²) in [7, 11) is -3.07. The van der Waals surface area contributed by atoms with Gasteiger partial charge in [-0.25, -0.2) is 18.4 Å². The van der Waals surface area contributed by atoms with Crippen LogP contribution in [0.4, 0.5) is 23.3 Å². The lowest BCUT2D eigenvalue weighted by Crippen LogP contribution is -2.29. The van der Waals surface area contributed by atoms with E-state index in [1.807, 2.05) is 64.6 Å². The van der Waals surface area contributed by atoms with E-state index in [9.17, 15) is 8.42 Å². The van der Waals surface area contributed by atoms with E-state index in [4.69, 9.17) is 28.3 Å². The van der Waals surface area contributed by atoms with Crippen LogP contribution in [0.1, 0.15) is 288 Å². The summed E-state index contributed by atoms with van der Waals surface area (Å²) in [6, 6.07) is 43.7. The van der Waals surface area contributed by atoms with Crippen molar-refractivity contribution >= 4 is 72.8 Å². The number of anilines is 2. The minimum Gasteiger partial charge on any atom is -0.457 e. The summed E-state index contributed by atoms with van der Waals surface area (Å²) in [6.45, 7) is 8.61. The molecular formula is C90H125BN6O6S. The van der Waals surface area contributed by atoms with E-state index >= 15 is 0 Å². The van der Waals surface area contributed by atoms with Crippen molar-refractivity contribution in [2.45, 2.75) is 297 Å². The zero-order chi connectivity index (χ0) is 72.6. The van der Waals surface area contributed by atoms with Crippen LogP contribution in [0.3, 0.4) is 0 Å². The molecule has 10 rings (SSSR count). The maximum atomic E-state index is 13.3. The first kappa shape index (κ1) is 79.3. The van der Waals surface area contributed by atoms with Crippen LogP contribution < -0.4 is 30.5 Å². The van der Waals surface area contributed by atoms with Crippen LogP contribution in [0.2, 0.25) is 6.82 Å². The molecule has 560 valence electrons. The lowest BCUT2D eigenvalue weighted by atomic mass is 9.88. The third-order valence-electron chi connectivity index (χ3n) is 21.3. The van der Waals surface area contributed by atoms with E-state index in [1.54, 1.807) is 6.82 Å². The molecule has 3 aromatic heterocycles. The maximum Gasteiger partial charge on any atom is 0.437 e. The molecule has 14 heteroatoms. The number of fused-ring (bicyclic) bond motifs is 15. The number of unbranched alkanes of at least 4 members (excludes halogenated alkanes) is 36. The number of nitrogens with one attached hydrogen (secondary N) is 2. The Kier molecular flexibility index (Phi) is 32.6. The summed E-state index contributed by atoms with van der Waals surface area (Å²) < 4.78 is 56.9. The smallest absolute Gasteiger partial charge is 0.437 e. The van der Waals surface area contributed by atoms with Gasteiger partial charge < -0.3 is 37.7 Å². The van der Waals surface area contributed by atoms with Gasteiger partial charge in [0.1, 0.15) is 68.7 Å². The van der Waals surface area contributed by atoms with Crippen LogP contribution >= 0.6 is 0 Å². The molecule has 0 saturated heterocycles. The second kappa shape index (κ2) is 42.8. The summed E-state index contributed by atoms with van der Waals surface area (Å²) in [6.07, 6.45) is 56.0. The Morgan fingerprint density at radius 1 is 0.375 bits per heavy atom. The third-order valence-corrected chi connectivity index (χ3v) is 21.9. The predicted molar refractivity (Wildman–Crippen MR) is 439 cm³/mol. The van der Waals surface area contributed by atoms with E-state index in [1.165, 1.54) is 248 Å². The van der Waals surface area contributed by atoms with Crippen molar-refractivity contribution in [2.75, 3.05) is 11.6 Å². The van der Waals surface area contributed by atoms with Gasteiger partial charge in [-0.1, -0.05) is 288 Å². The molecule has 6 bridgehead atoms. The highest BCUT2D eigenvalue weighted by Gasteiger charge is 2.30. The van der Waals surface area contributed by atoms with Crippen molar-refractivity contribution in [3.05, 3.63) is 155 Å². The zero-order valence-corrected chi connectivity index (χ0v) is 65.4. The van der Waals surface area contributed by atoms with Crippen LogP contribution in [-0.4, -0.2) is 35.8 Å². The number of H-pyrrole nitrogens is 1. The first-order chi connectivity index (χ1) is 50.9. The maximum absolute atomic E-state index is 13.3. The Morgan fingerprint density at radius 2 is 0.712 bits per heavy atom. The Morgan fingerprint density at radius 3 is 1.11 bits per heavy atom. The lowest BCUT2D eigenvalue weighted by Gasteiger charge is -2.17. The first-order valence-electron chi connectivity index (χ1n) is 41.3. The molecule has 4 heterocycles. The Hall–Kier alpha value is -7.29. The summed E-state index contributed by atoms with van der Waals surface area (Å²) in [4.78, 5) is 14.9. The third kappa shape index (κ3) is 24.6. The van der Waals surface area contributed by atoms with Gasteiger partial charge in [0.15, 0.2) is 0 Å². The van der Waals surface area contributed by atoms with E-state index in [2.05, 4.69) is 110 Å². The number of rotatable bonds is 51. The number of hydrogen-bond donors (Lipinski definition) is 2. The van der Waals surface area contributed by atoms with E-state index in [0.29, 0.717) is 51.5 Å². The number of benzene rings is 6. The number of aromatic nitrogens is 3. The molecule has 0 spiro atoms. The summed E-state index contributed by atoms with van der Waals surface area (Å²) in [5.74, 6) is 6.52. The zero-order valence-electron chi connectivity index (χ0n) is 64.5. The van der Waals surface area contributed by atoms with Crippen LogP contribution in [0.25, 0.3) is 32.3 Å². The second-order valence-corrected chi connectivity index (χ2v) is 31.8. The van der Waals surface area contributed by atoms with Gasteiger partial charge in [-0.2, -0.15) is 0 Å². The van der Waals surface area contributed by atoms with Gasteiger partial charge in [0, 0.05) is 39.4 Å². The molecule has 0 unspecified atom stereocenters. The average molecular weight is 1430 g/mol. The van der Waals surface area contributed by atoms with Crippen molar-refractivity contribution in [1.29, 1.82) is 0 Å². The molecular weight excluding hydrogens is 1300 g/mol. The number of ether oxygens (including phenoxy) is 3. The SMILES string of the molecule is CCCCCCCCCCCCCCCc1cccc(Oc2ccc3c4[nH]c(c3c2)Nc2c3ccc(Oc5cccc(CCCCCCCCCCCCCCC)c5)cc3c(n2B(C)OS(C)(=O)=O)N=c2c3ccc(Oc5cccc(CCCCCCCCCCCCCCC)c5)cc3c(n2C)=N4)c1. The predicted octanol–water partition coefficient (Wildman–Crippen LogP) is 26.8. The molecule has 0 amide bonds. The van der Waals surface area contributed by atoms with Gasteiger partial charge in [0.05, 0.1) is 6.26 Å². The monoisotopic (exact) mass is 1430 g/mol. The second-order valence-electron chi connectivity index (χ2n) is 30.2. The minimum atomic E-state index is -3.99. The van der Waals surface area contributed by atoms with Crippen molar-refractivity contribution in [3.63, 3.8) is 0 Å². The standard InChI is InChI=1S/C90H125BN6O6S/c1-7-10-13-16-19-22-25-28-31-34-37-40-43-49-70-52-46-55-73(64-70)100-76-58-61-79-82(67-76)86-92-85(79)93-88-83-68-77(101-74-56-47-53-71(65-74)50-44-41-38-35-32-29-26-23-20-17-14-11-8-2)59-62-80(83)87(96(88)5)95-90-84-69-78(60-63-81(84)89(94-86)97(90)91(4)103-104(6,98)99)102-75-57-48-54-72(66-75)51-45-42-39-36-33-30-27-24-21-18-15-12-9-3/h46-48,52-69,92,94H,7-45,49-51H2,1-6H3. The first-order valence-corrected chi connectivity index (χ1v) is 43.1. The van der Waals surface area contributed by atoms with Gasteiger partial charge in [-0.3, -0.25) is 0 Å². The van der Waals surface area contributed by atoms with Gasteiger partial charge in [-0.05, 0) is 153 Å². The van der Waals surface area contributed by atoms with Gasteiger partial charge in [0.25, 0.3) is 10.1 Å². The van der Waals surface area contributed by atoms with Crippen LogP contribution in [0.5, 0.6) is 34.5 Å². The highest BCUT2D eigenvalue weighted by Crippen LogP contribution is 2.44. The number of hydrogen-bond acceptors (Lipinski definition) is 9. The van der Waals surface area contributed by atoms with E-state index in [-0.39, 0.29) is 0 Å². The van der Waals surface area contributed by atoms with E-state index < -0.39 is 17.2 Å². The molecule has 0 atom stereocenters. The quantitative estimate of drug-likeness (QED) is 0.0286. The number of aryl methyl sites for hydroxylation is 3. The molecule has 12 nitrogen and oxygen atoms in total. The fraction of sp³-hybridized carbons (Fsp3) is 0.533. The lowest BCUT2D eigenvalue weighted by molar-refractivity contribution is 0.482. The molecule has 1 aliphatic rings. The molecule has 0 radical (unpaired) electrons. The van der Waals surface area contributed by atoms with Crippen molar-refractivity contribution in [3.8, 4) is 34.5 Å². The van der Waals surface area contributed by atoms with E-state index in [0.717, 1.165) is 94.3 Å². The highest BCUT2D eigenvalue weighted by atomic mass is 32.2. The largest absolute Gasteiger partial charge is 0.457 e. The molecule has 0 aliphatic carbocycles. The number of nitrogens with zero attached hydrogens (tertiary/aromatic N) is 4. The Balaban J connectivity index is 0.924. The fourth-order valence-electron chi connectivity index (χ4n) is 15.4. The van der Waals surface area contributed by atoms with Crippen molar-refractivity contribution in [2.24, 2.45) is 17.0 Å². The molecule has 6 aromatic carbocycles. The van der Waals surface area contributed by atoms with Crippen LogP contribution in [0.15, 0.2) is 137 Å². The van der Waals surface area contributed by atoms with Gasteiger partial charge in [-0.15, -0.1) is 0 Å². The van der Waals surface area contributed by atoms with Crippen molar-refractivity contribution < 1.29 is 26.7 Å². The minimum absolute atomic E-state index is 0.467. The summed E-state index contributed by atoms with van der Waals surface area (Å²) in [5.41, 5.74) is 5.04. The fourth-order valence-corrected chi connectivity index (χ4v) is 16.0. The normalized spacial score (nSPS) is 12.2. The molecule has 9 aromatic rings.